The molecule has 7 rings (SSSR count). The van der Waals surface area contributed by atoms with Crippen LogP contribution in [0.4, 0.5) is 17.6 Å². The summed E-state index contributed by atoms with van der Waals surface area (Å²) in [5, 5.41) is 21.6. The average molecular weight is 950 g/mol. The molecule has 2 atom stereocenters. The van der Waals surface area contributed by atoms with Crippen molar-refractivity contribution in [2.45, 2.75) is 83.3 Å². The molecule has 0 saturated heterocycles. The van der Waals surface area contributed by atoms with Crippen LogP contribution in [0, 0.1) is 12.7 Å². The number of aryl methyl sites for hydroxylation is 1. The molecule has 0 fully saturated rings. The van der Waals surface area contributed by atoms with E-state index in [0.29, 0.717) is 54.5 Å². The largest absolute Gasteiger partial charge is 0.492 e. The molecule has 2 N–H and O–H groups in total. The van der Waals surface area contributed by atoms with Crippen LogP contribution in [0.1, 0.15) is 95.7 Å². The number of nitrogens with one attached hydrogen (secondary N) is 1. The second-order valence-corrected chi connectivity index (χ2v) is 18.4. The van der Waals surface area contributed by atoms with Crippen LogP contribution in [0.25, 0.3) is 0 Å². The molecule has 60 heavy (non-hydrogen) atoms. The van der Waals surface area contributed by atoms with Gasteiger partial charge in [0, 0.05) is 30.4 Å². The Morgan fingerprint density at radius 2 is 1.42 bits per heavy atom. The molecule has 4 aromatic rings. The number of fused-ring (bicyclic) bond motifs is 1. The first-order valence-corrected chi connectivity index (χ1v) is 20.9. The Balaban J connectivity index is 0.000000205. The number of carbonyl (C=O) groups is 2. The van der Waals surface area contributed by atoms with Gasteiger partial charge in [0.1, 0.15) is 5.71 Å². The Morgan fingerprint density at radius 3 is 2.00 bits per heavy atom. The molecule has 3 aliphatic rings. The summed E-state index contributed by atoms with van der Waals surface area (Å²) in [6.07, 6.45) is -5.51. The van der Waals surface area contributed by atoms with Crippen molar-refractivity contribution < 1.29 is 46.5 Å². The molecule has 0 unspecified atom stereocenters. The molecule has 0 bridgehead atoms. The number of carbonyl (C=O) groups excluding carboxylic acids is 2. The second kappa shape index (κ2) is 17.4. The Kier molecular flexibility index (Phi) is 13.4. The zero-order valence-corrected chi connectivity index (χ0v) is 37.0. The van der Waals surface area contributed by atoms with E-state index in [1.807, 2.05) is 39.0 Å². The minimum Gasteiger partial charge on any atom is -0.423 e. The topological polar surface area (TPSA) is 119 Å². The normalized spacial score (nSPS) is 20.4. The number of thiophene rings is 1. The molecule has 9 nitrogen and oxygen atoms in total. The molecule has 0 spiro atoms. The first-order valence-electron chi connectivity index (χ1n) is 18.2. The SMILES string of the molecule is CC1(C)OB(O)c2ccc(C3=NO[C@](C)(c4cc(Cl)c(Cl)c(Cl)c4)C3)cc21.Cc1cc(C2=NO[C@](C)(c3cc(Cl)c(F)c(Cl)c3)C2)sc1C(=O)NCC(=O)CCC(F)(F)F. The third-order valence-corrected chi connectivity index (χ3v) is 13.2. The fraction of sp³-hybridized carbons (Fsp3) is 0.350. The lowest BCUT2D eigenvalue weighted by molar-refractivity contribution is -0.142. The zero-order chi connectivity index (χ0) is 44.1. The van der Waals surface area contributed by atoms with Gasteiger partial charge in [-0.05, 0) is 93.2 Å². The van der Waals surface area contributed by atoms with Crippen molar-refractivity contribution in [3.05, 3.63) is 117 Å². The van der Waals surface area contributed by atoms with Crippen LogP contribution in [0.2, 0.25) is 25.1 Å². The van der Waals surface area contributed by atoms with E-state index in [1.165, 1.54) is 12.1 Å². The number of benzene rings is 3. The number of hydrogen-bond acceptors (Lipinski definition) is 9. The van der Waals surface area contributed by atoms with Gasteiger partial charge in [0.15, 0.2) is 22.8 Å². The summed E-state index contributed by atoms with van der Waals surface area (Å²) in [4.78, 5) is 36.4. The number of oxime groups is 2. The van der Waals surface area contributed by atoms with Crippen molar-refractivity contribution in [1.82, 2.24) is 5.32 Å². The van der Waals surface area contributed by atoms with E-state index in [4.69, 9.17) is 72.3 Å². The number of alkyl halides is 3. The predicted octanol–water partition coefficient (Wildman–Crippen LogP) is 10.8. The van der Waals surface area contributed by atoms with Gasteiger partial charge >= 0.3 is 13.3 Å². The average Bonchev–Trinajstić information content (AvgIpc) is 3.94. The number of halogens is 9. The summed E-state index contributed by atoms with van der Waals surface area (Å²) >= 11 is 31.3. The molecule has 1 aromatic heterocycles. The Labute approximate surface area is 372 Å². The smallest absolute Gasteiger partial charge is 0.423 e. The van der Waals surface area contributed by atoms with Gasteiger partial charge in [-0.3, -0.25) is 9.59 Å². The highest BCUT2D eigenvalue weighted by Crippen LogP contribution is 2.43. The van der Waals surface area contributed by atoms with E-state index >= 15 is 0 Å². The van der Waals surface area contributed by atoms with Crippen LogP contribution < -0.4 is 10.8 Å². The van der Waals surface area contributed by atoms with E-state index < -0.39 is 67.0 Å². The van der Waals surface area contributed by atoms with Gasteiger partial charge in [-0.25, -0.2) is 4.39 Å². The Hall–Kier alpha value is -3.41. The second-order valence-electron chi connectivity index (χ2n) is 15.3. The van der Waals surface area contributed by atoms with Crippen LogP contribution in [0.3, 0.4) is 0 Å². The molecule has 0 radical (unpaired) electrons. The van der Waals surface area contributed by atoms with Crippen LogP contribution in [0.5, 0.6) is 0 Å². The molecule has 4 heterocycles. The summed E-state index contributed by atoms with van der Waals surface area (Å²) < 4.78 is 56.0. The van der Waals surface area contributed by atoms with Crippen molar-refractivity contribution >= 4 is 105 Å². The lowest BCUT2D eigenvalue weighted by atomic mass is 9.77. The van der Waals surface area contributed by atoms with Gasteiger partial charge in [0.25, 0.3) is 5.91 Å². The fourth-order valence-corrected chi connectivity index (χ4v) is 8.91. The quantitative estimate of drug-likeness (QED) is 0.0980. The van der Waals surface area contributed by atoms with E-state index in [-0.39, 0.29) is 10.0 Å². The molecule has 0 saturated carbocycles. The van der Waals surface area contributed by atoms with Gasteiger partial charge in [-0.2, -0.15) is 13.2 Å². The molecular weight excluding hydrogens is 915 g/mol. The summed E-state index contributed by atoms with van der Waals surface area (Å²) in [5.74, 6) is -2.01. The van der Waals surface area contributed by atoms with Crippen molar-refractivity contribution in [3.63, 3.8) is 0 Å². The van der Waals surface area contributed by atoms with Crippen molar-refractivity contribution in [2.75, 3.05) is 6.54 Å². The minimum atomic E-state index is -4.43. The number of hydrogen-bond donors (Lipinski definition) is 2. The molecule has 1 amide bonds. The van der Waals surface area contributed by atoms with Gasteiger partial charge in [-0.15, -0.1) is 11.3 Å². The number of rotatable bonds is 9. The van der Waals surface area contributed by atoms with Gasteiger partial charge in [0.05, 0.1) is 59.1 Å². The maximum atomic E-state index is 13.8. The van der Waals surface area contributed by atoms with E-state index in [0.717, 1.165) is 39.2 Å². The lowest BCUT2D eigenvalue weighted by Crippen LogP contribution is -2.29. The highest BCUT2D eigenvalue weighted by atomic mass is 35.5. The highest BCUT2D eigenvalue weighted by molar-refractivity contribution is 7.16. The van der Waals surface area contributed by atoms with Crippen molar-refractivity contribution in [2.24, 2.45) is 10.3 Å². The molecule has 3 aliphatic heterocycles. The molecular formula is C40H35BCl5F4N3O6S. The monoisotopic (exact) mass is 947 g/mol. The van der Waals surface area contributed by atoms with Crippen LogP contribution in [0.15, 0.2) is 58.8 Å². The van der Waals surface area contributed by atoms with E-state index in [2.05, 4.69) is 15.6 Å². The standard InChI is InChI=1S/C21H18Cl2F4N2O3S.C19H17BCl3NO3/c1-10-5-16(33-18(10)19(31)28-9-12(30)3-4-21(25,26)27)15-8-20(2,32-29-15)11-6-13(22)17(24)14(23)7-11;1-18(2)12-6-10(4-5-13(12)20(25)26-18)16-9-19(3,27-24-16)11-7-14(21)17(23)15(22)8-11/h5-7H,3-4,8-9H2,1-2H3,(H,28,31);4-8,25H,9H2,1-3H3/t20-;19-/m00/s1. The summed E-state index contributed by atoms with van der Waals surface area (Å²) in [5.41, 5.74) is 3.73. The lowest BCUT2D eigenvalue weighted by Gasteiger charge is -2.23. The third-order valence-electron chi connectivity index (χ3n) is 10.2. The first-order chi connectivity index (χ1) is 27.9. The van der Waals surface area contributed by atoms with E-state index in [1.54, 1.807) is 32.0 Å². The molecule has 318 valence electrons. The fourth-order valence-electron chi connectivity index (χ4n) is 6.75. The highest BCUT2D eigenvalue weighted by Gasteiger charge is 2.43. The number of Topliss-reactive ketones (excluding diaryl/α,β-unsaturated/α-hetero) is 1. The van der Waals surface area contributed by atoms with Gasteiger partial charge in [-0.1, -0.05) is 80.4 Å². The zero-order valence-electron chi connectivity index (χ0n) is 32.4. The van der Waals surface area contributed by atoms with Crippen LogP contribution in [-0.4, -0.2) is 48.0 Å². The van der Waals surface area contributed by atoms with Crippen LogP contribution in [-0.2, 0) is 35.9 Å². The van der Waals surface area contributed by atoms with Gasteiger partial charge < -0.3 is 24.7 Å². The van der Waals surface area contributed by atoms with Crippen molar-refractivity contribution in [1.29, 1.82) is 0 Å². The minimum absolute atomic E-state index is 0.147. The molecule has 20 heteroatoms. The Bertz CT molecular complexity index is 2400. The number of amides is 1. The van der Waals surface area contributed by atoms with E-state index in [9.17, 15) is 32.2 Å². The Morgan fingerprint density at radius 1 is 0.867 bits per heavy atom. The molecule has 3 aromatic carbocycles. The maximum Gasteiger partial charge on any atom is 0.492 e. The van der Waals surface area contributed by atoms with Gasteiger partial charge in [0.2, 0.25) is 0 Å². The summed E-state index contributed by atoms with van der Waals surface area (Å²) in [7, 11) is -0.908. The van der Waals surface area contributed by atoms with Crippen LogP contribution >= 0.6 is 69.3 Å². The van der Waals surface area contributed by atoms with Crippen molar-refractivity contribution in [3.8, 4) is 0 Å². The number of nitrogens with zero attached hydrogens (tertiary/aromatic N) is 2. The number of ketones is 1. The first kappa shape index (κ1) is 46.1. The summed E-state index contributed by atoms with van der Waals surface area (Å²) in [6.45, 7) is 8.74. The predicted molar refractivity (Wildman–Crippen MR) is 227 cm³/mol. The molecule has 0 aliphatic carbocycles. The third kappa shape index (κ3) is 9.94. The maximum absolute atomic E-state index is 13.8. The summed E-state index contributed by atoms with van der Waals surface area (Å²) in [6, 6.07) is 13.9.